The fourth-order valence-corrected chi connectivity index (χ4v) is 1.59. The average molecular weight is 261 g/mol. The van der Waals surface area contributed by atoms with E-state index in [1.807, 2.05) is 6.07 Å². The highest BCUT2D eigenvalue weighted by atomic mass is 16.5. The minimum absolute atomic E-state index is 0.122. The summed E-state index contributed by atoms with van der Waals surface area (Å²) >= 11 is 0. The van der Waals surface area contributed by atoms with E-state index in [0.717, 1.165) is 5.69 Å². The molecule has 1 aromatic heterocycles. The Morgan fingerprint density at radius 1 is 1.16 bits per heavy atom. The summed E-state index contributed by atoms with van der Waals surface area (Å²) in [5.74, 6) is 1.68. The maximum absolute atomic E-state index is 9.02. The Kier molecular flexibility index (Phi) is 4.15. The summed E-state index contributed by atoms with van der Waals surface area (Å²) in [4.78, 5) is 8.22. The van der Waals surface area contributed by atoms with Crippen molar-refractivity contribution in [2.24, 2.45) is 0 Å². The van der Waals surface area contributed by atoms with Crippen LogP contribution in [-0.2, 0) is 6.61 Å². The molecule has 0 spiro atoms. The number of ether oxygens (including phenoxy) is 2. The highest BCUT2D eigenvalue weighted by molar-refractivity contribution is 5.59. The van der Waals surface area contributed by atoms with Crippen molar-refractivity contribution in [3.8, 4) is 11.5 Å². The molecule has 0 unspecified atom stereocenters. The molecule has 0 aliphatic carbocycles. The van der Waals surface area contributed by atoms with E-state index in [1.54, 1.807) is 38.6 Å². The second-order valence-electron chi connectivity index (χ2n) is 3.72. The number of rotatable bonds is 5. The number of methoxy groups -OCH3 is 2. The number of hydrogen-bond acceptors (Lipinski definition) is 6. The van der Waals surface area contributed by atoms with E-state index in [0.29, 0.717) is 23.1 Å². The molecule has 1 aromatic carbocycles. The fourth-order valence-electron chi connectivity index (χ4n) is 1.59. The largest absolute Gasteiger partial charge is 0.493 e. The van der Waals surface area contributed by atoms with Crippen LogP contribution in [0.15, 0.2) is 30.5 Å². The molecule has 0 saturated heterocycles. The van der Waals surface area contributed by atoms with E-state index in [2.05, 4.69) is 15.3 Å². The number of anilines is 2. The highest BCUT2D eigenvalue weighted by Crippen LogP contribution is 2.30. The molecule has 0 bridgehead atoms. The number of nitrogens with one attached hydrogen (secondary N) is 1. The van der Waals surface area contributed by atoms with Crippen molar-refractivity contribution < 1.29 is 14.6 Å². The lowest BCUT2D eigenvalue weighted by atomic mass is 10.3. The predicted molar refractivity (Wildman–Crippen MR) is 70.8 cm³/mol. The number of hydrogen-bond donors (Lipinski definition) is 2. The van der Waals surface area contributed by atoms with Crippen molar-refractivity contribution in [1.29, 1.82) is 0 Å². The maximum atomic E-state index is 9.02. The van der Waals surface area contributed by atoms with Crippen LogP contribution in [0.1, 0.15) is 5.69 Å². The number of aliphatic hydroxyl groups is 1. The summed E-state index contributed by atoms with van der Waals surface area (Å²) in [6.45, 7) is -0.122. The summed E-state index contributed by atoms with van der Waals surface area (Å²) in [5, 5.41) is 12.1. The molecule has 2 aromatic rings. The molecular formula is C13H15N3O3. The van der Waals surface area contributed by atoms with Crippen LogP contribution in [0, 0.1) is 0 Å². The van der Waals surface area contributed by atoms with Gasteiger partial charge < -0.3 is 19.9 Å². The summed E-state index contributed by atoms with van der Waals surface area (Å²) in [5.41, 5.74) is 1.32. The summed E-state index contributed by atoms with van der Waals surface area (Å²) in [6, 6.07) is 7.06. The molecule has 6 nitrogen and oxygen atoms in total. The first-order chi connectivity index (χ1) is 9.26. The Morgan fingerprint density at radius 2 is 1.95 bits per heavy atom. The van der Waals surface area contributed by atoms with Crippen molar-refractivity contribution in [2.45, 2.75) is 6.61 Å². The van der Waals surface area contributed by atoms with Crippen LogP contribution in [0.4, 0.5) is 11.6 Å². The first-order valence-electron chi connectivity index (χ1n) is 5.68. The third-order valence-corrected chi connectivity index (χ3v) is 2.51. The summed E-state index contributed by atoms with van der Waals surface area (Å²) < 4.78 is 10.4. The van der Waals surface area contributed by atoms with Crippen molar-refractivity contribution in [3.05, 3.63) is 36.2 Å². The van der Waals surface area contributed by atoms with Gasteiger partial charge in [0.15, 0.2) is 11.5 Å². The third-order valence-electron chi connectivity index (χ3n) is 2.51. The van der Waals surface area contributed by atoms with Crippen LogP contribution >= 0.6 is 0 Å². The van der Waals surface area contributed by atoms with Crippen LogP contribution < -0.4 is 14.8 Å². The number of aromatic nitrogens is 2. The standard InChI is InChI=1S/C13H15N3O3/c1-18-11-4-3-9(7-12(11)19-2)15-13-14-6-5-10(8-17)16-13/h3-7,17H,8H2,1-2H3,(H,14,15,16). The molecule has 100 valence electrons. The van der Waals surface area contributed by atoms with Gasteiger partial charge in [0.05, 0.1) is 26.5 Å². The molecule has 0 atom stereocenters. The van der Waals surface area contributed by atoms with E-state index in [1.165, 1.54) is 0 Å². The van der Waals surface area contributed by atoms with Crippen molar-refractivity contribution in [2.75, 3.05) is 19.5 Å². The molecule has 0 aliphatic rings. The Bertz CT molecular complexity index is 561. The molecular weight excluding hydrogens is 246 g/mol. The zero-order chi connectivity index (χ0) is 13.7. The summed E-state index contributed by atoms with van der Waals surface area (Å²) in [7, 11) is 3.16. The predicted octanol–water partition coefficient (Wildman–Crippen LogP) is 1.73. The number of benzene rings is 1. The Labute approximate surface area is 111 Å². The smallest absolute Gasteiger partial charge is 0.227 e. The lowest BCUT2D eigenvalue weighted by Crippen LogP contribution is -2.00. The van der Waals surface area contributed by atoms with E-state index < -0.39 is 0 Å². The Hall–Kier alpha value is -2.34. The van der Waals surface area contributed by atoms with Crippen molar-refractivity contribution >= 4 is 11.6 Å². The van der Waals surface area contributed by atoms with Crippen LogP contribution in [0.25, 0.3) is 0 Å². The molecule has 0 radical (unpaired) electrons. The topological polar surface area (TPSA) is 76.5 Å². The first-order valence-corrected chi connectivity index (χ1v) is 5.68. The quantitative estimate of drug-likeness (QED) is 0.853. The third kappa shape index (κ3) is 3.11. The SMILES string of the molecule is COc1ccc(Nc2nccc(CO)n2)cc1OC. The van der Waals surface area contributed by atoms with Crippen molar-refractivity contribution in [1.82, 2.24) is 9.97 Å². The zero-order valence-electron chi connectivity index (χ0n) is 10.8. The van der Waals surface area contributed by atoms with E-state index in [4.69, 9.17) is 14.6 Å². The Balaban J connectivity index is 2.22. The van der Waals surface area contributed by atoms with Gasteiger partial charge in [-0.3, -0.25) is 0 Å². The molecule has 6 heteroatoms. The van der Waals surface area contributed by atoms with Gasteiger partial charge >= 0.3 is 0 Å². The second kappa shape index (κ2) is 6.01. The minimum Gasteiger partial charge on any atom is -0.493 e. The van der Waals surface area contributed by atoms with Gasteiger partial charge in [0.1, 0.15) is 0 Å². The molecule has 19 heavy (non-hydrogen) atoms. The molecule has 0 saturated carbocycles. The lowest BCUT2D eigenvalue weighted by molar-refractivity contribution is 0.277. The summed E-state index contributed by atoms with van der Waals surface area (Å²) in [6.07, 6.45) is 1.58. The van der Waals surface area contributed by atoms with Gasteiger partial charge in [0.25, 0.3) is 0 Å². The minimum atomic E-state index is -0.122. The van der Waals surface area contributed by atoms with Gasteiger partial charge in [-0.1, -0.05) is 0 Å². The van der Waals surface area contributed by atoms with Crippen LogP contribution in [-0.4, -0.2) is 29.3 Å². The maximum Gasteiger partial charge on any atom is 0.227 e. The highest BCUT2D eigenvalue weighted by Gasteiger charge is 2.05. The van der Waals surface area contributed by atoms with Gasteiger partial charge in [-0.25, -0.2) is 9.97 Å². The number of aliphatic hydroxyl groups excluding tert-OH is 1. The molecule has 0 aliphatic heterocycles. The zero-order valence-corrected chi connectivity index (χ0v) is 10.8. The van der Waals surface area contributed by atoms with E-state index >= 15 is 0 Å². The monoisotopic (exact) mass is 261 g/mol. The normalized spacial score (nSPS) is 10.1. The molecule has 1 heterocycles. The average Bonchev–Trinajstić information content (AvgIpc) is 2.47. The van der Waals surface area contributed by atoms with Crippen LogP contribution in [0.2, 0.25) is 0 Å². The molecule has 0 amide bonds. The van der Waals surface area contributed by atoms with Gasteiger partial charge in [0, 0.05) is 18.0 Å². The van der Waals surface area contributed by atoms with Gasteiger partial charge in [-0.2, -0.15) is 0 Å². The van der Waals surface area contributed by atoms with E-state index in [-0.39, 0.29) is 6.61 Å². The van der Waals surface area contributed by atoms with Crippen LogP contribution in [0.3, 0.4) is 0 Å². The number of nitrogens with zero attached hydrogens (tertiary/aromatic N) is 2. The van der Waals surface area contributed by atoms with Gasteiger partial charge in [-0.15, -0.1) is 0 Å². The second-order valence-corrected chi connectivity index (χ2v) is 3.72. The molecule has 2 rings (SSSR count). The van der Waals surface area contributed by atoms with Crippen LogP contribution in [0.5, 0.6) is 11.5 Å². The van der Waals surface area contributed by atoms with Crippen molar-refractivity contribution in [3.63, 3.8) is 0 Å². The molecule has 2 N–H and O–H groups in total. The Morgan fingerprint density at radius 3 is 2.63 bits per heavy atom. The van der Waals surface area contributed by atoms with E-state index in [9.17, 15) is 0 Å². The lowest BCUT2D eigenvalue weighted by Gasteiger charge is -2.10. The molecule has 0 fully saturated rings. The van der Waals surface area contributed by atoms with Gasteiger partial charge in [-0.05, 0) is 18.2 Å². The fraction of sp³-hybridized carbons (Fsp3) is 0.231. The van der Waals surface area contributed by atoms with Gasteiger partial charge in [0.2, 0.25) is 5.95 Å². The first kappa shape index (κ1) is 13.1.